The molecule has 22 heavy (non-hydrogen) atoms. The number of fused-ring (bicyclic) bond motifs is 1. The van der Waals surface area contributed by atoms with Crippen molar-refractivity contribution < 1.29 is 9.32 Å². The van der Waals surface area contributed by atoms with E-state index in [2.05, 4.69) is 33.1 Å². The third kappa shape index (κ3) is 2.69. The fourth-order valence-corrected chi connectivity index (χ4v) is 3.31. The molecular weight excluding hydrogens is 348 g/mol. The van der Waals surface area contributed by atoms with Gasteiger partial charge in [0.15, 0.2) is 5.69 Å². The second-order valence-corrected chi connectivity index (χ2v) is 6.86. The SMILES string of the molecule is C[C@@H]1CCc2onc(C(=O)N(C)Cc3c(Br)cnn3C)c2C1. The normalized spacial score (nSPS) is 17.4. The van der Waals surface area contributed by atoms with Crippen LogP contribution in [-0.2, 0) is 26.4 Å². The summed E-state index contributed by atoms with van der Waals surface area (Å²) in [5, 5.41) is 8.20. The van der Waals surface area contributed by atoms with Crippen molar-refractivity contribution in [3.63, 3.8) is 0 Å². The molecule has 0 unspecified atom stereocenters. The number of nitrogens with zero attached hydrogens (tertiary/aromatic N) is 4. The Morgan fingerprint density at radius 1 is 1.59 bits per heavy atom. The highest BCUT2D eigenvalue weighted by molar-refractivity contribution is 9.10. The van der Waals surface area contributed by atoms with E-state index >= 15 is 0 Å². The van der Waals surface area contributed by atoms with E-state index in [1.807, 2.05) is 7.05 Å². The first-order valence-electron chi connectivity index (χ1n) is 7.36. The van der Waals surface area contributed by atoms with Gasteiger partial charge in [-0.3, -0.25) is 9.48 Å². The van der Waals surface area contributed by atoms with Crippen molar-refractivity contribution in [3.05, 3.63) is 33.4 Å². The quantitative estimate of drug-likeness (QED) is 0.837. The summed E-state index contributed by atoms with van der Waals surface area (Å²) >= 11 is 3.46. The molecule has 118 valence electrons. The standard InChI is InChI=1S/C15H19BrN4O2/c1-9-4-5-13-10(6-9)14(18-22-13)15(21)19(2)8-12-11(16)7-17-20(12)3/h7,9H,4-6,8H2,1-3H3/t9-/m1/s1. The van der Waals surface area contributed by atoms with Gasteiger partial charge >= 0.3 is 0 Å². The Hall–Kier alpha value is -1.63. The third-order valence-electron chi connectivity index (χ3n) is 4.23. The van der Waals surface area contributed by atoms with Crippen LogP contribution in [0.3, 0.4) is 0 Å². The molecule has 2 aromatic rings. The average Bonchev–Trinajstić information content (AvgIpc) is 3.04. The van der Waals surface area contributed by atoms with Crippen molar-refractivity contribution >= 4 is 21.8 Å². The van der Waals surface area contributed by atoms with Gasteiger partial charge in [0, 0.05) is 26.1 Å². The molecular formula is C15H19BrN4O2. The van der Waals surface area contributed by atoms with Crippen LogP contribution < -0.4 is 0 Å². The van der Waals surface area contributed by atoms with Gasteiger partial charge in [0.1, 0.15) is 5.76 Å². The summed E-state index contributed by atoms with van der Waals surface area (Å²) in [6.07, 6.45) is 4.55. The van der Waals surface area contributed by atoms with E-state index in [0.717, 1.165) is 40.8 Å². The molecule has 2 aromatic heterocycles. The van der Waals surface area contributed by atoms with Gasteiger partial charge in [-0.05, 0) is 34.7 Å². The summed E-state index contributed by atoms with van der Waals surface area (Å²) in [5.41, 5.74) is 2.39. The number of hydrogen-bond donors (Lipinski definition) is 0. The fraction of sp³-hybridized carbons (Fsp3) is 0.533. The number of carbonyl (C=O) groups is 1. The van der Waals surface area contributed by atoms with Gasteiger partial charge in [-0.15, -0.1) is 0 Å². The maximum absolute atomic E-state index is 12.7. The summed E-state index contributed by atoms with van der Waals surface area (Å²) in [4.78, 5) is 14.3. The minimum Gasteiger partial charge on any atom is -0.360 e. The molecule has 1 aliphatic rings. The number of rotatable bonds is 3. The molecule has 0 spiro atoms. The fourth-order valence-electron chi connectivity index (χ4n) is 2.84. The van der Waals surface area contributed by atoms with Crippen molar-refractivity contribution in [1.29, 1.82) is 0 Å². The Morgan fingerprint density at radius 3 is 3.05 bits per heavy atom. The number of aryl methyl sites for hydroxylation is 2. The summed E-state index contributed by atoms with van der Waals surface area (Å²) in [6, 6.07) is 0. The highest BCUT2D eigenvalue weighted by atomic mass is 79.9. The van der Waals surface area contributed by atoms with Gasteiger partial charge in [-0.25, -0.2) is 0 Å². The molecule has 0 N–H and O–H groups in total. The van der Waals surface area contributed by atoms with Crippen molar-refractivity contribution in [1.82, 2.24) is 19.8 Å². The van der Waals surface area contributed by atoms with Gasteiger partial charge in [0.25, 0.3) is 5.91 Å². The van der Waals surface area contributed by atoms with E-state index in [9.17, 15) is 4.79 Å². The maximum Gasteiger partial charge on any atom is 0.276 e. The predicted octanol–water partition coefficient (Wildman–Crippen LogP) is 2.57. The Morgan fingerprint density at radius 2 is 2.36 bits per heavy atom. The first-order valence-corrected chi connectivity index (χ1v) is 8.16. The monoisotopic (exact) mass is 366 g/mol. The average molecular weight is 367 g/mol. The molecule has 7 heteroatoms. The van der Waals surface area contributed by atoms with Crippen LogP contribution in [0.4, 0.5) is 0 Å². The predicted molar refractivity (Wildman–Crippen MR) is 84.4 cm³/mol. The van der Waals surface area contributed by atoms with Crippen molar-refractivity contribution in [2.45, 2.75) is 32.7 Å². The van der Waals surface area contributed by atoms with E-state index in [4.69, 9.17) is 4.52 Å². The largest absolute Gasteiger partial charge is 0.360 e. The minimum absolute atomic E-state index is 0.104. The number of carbonyl (C=O) groups excluding carboxylic acids is 1. The summed E-state index contributed by atoms with van der Waals surface area (Å²) in [7, 11) is 3.63. The lowest BCUT2D eigenvalue weighted by Gasteiger charge is -2.19. The number of hydrogen-bond acceptors (Lipinski definition) is 4. The van der Waals surface area contributed by atoms with Crippen LogP contribution in [0, 0.1) is 5.92 Å². The molecule has 2 heterocycles. The molecule has 0 saturated carbocycles. The molecule has 0 radical (unpaired) electrons. The van der Waals surface area contributed by atoms with Crippen LogP contribution in [0.5, 0.6) is 0 Å². The van der Waals surface area contributed by atoms with Gasteiger partial charge in [0.2, 0.25) is 0 Å². The maximum atomic E-state index is 12.7. The second kappa shape index (κ2) is 5.87. The lowest BCUT2D eigenvalue weighted by molar-refractivity contribution is 0.0770. The molecule has 1 amide bonds. The lowest BCUT2D eigenvalue weighted by Crippen LogP contribution is -2.29. The third-order valence-corrected chi connectivity index (χ3v) is 4.90. The molecule has 1 atom stereocenters. The Balaban J connectivity index is 1.81. The van der Waals surface area contributed by atoms with Crippen molar-refractivity contribution in [3.8, 4) is 0 Å². The molecule has 0 aliphatic heterocycles. The van der Waals surface area contributed by atoms with Crippen LogP contribution in [0.25, 0.3) is 0 Å². The first-order chi connectivity index (χ1) is 10.5. The Bertz CT molecular complexity index is 687. The lowest BCUT2D eigenvalue weighted by atomic mass is 9.88. The molecule has 0 fully saturated rings. The molecule has 0 bridgehead atoms. The van der Waals surface area contributed by atoms with Crippen LogP contribution in [-0.4, -0.2) is 32.8 Å². The van der Waals surface area contributed by atoms with Gasteiger partial charge in [-0.2, -0.15) is 5.10 Å². The van der Waals surface area contributed by atoms with Crippen LogP contribution in [0.15, 0.2) is 15.2 Å². The van der Waals surface area contributed by atoms with Gasteiger partial charge < -0.3 is 9.42 Å². The van der Waals surface area contributed by atoms with E-state index in [1.54, 1.807) is 22.8 Å². The second-order valence-electron chi connectivity index (χ2n) is 6.00. The van der Waals surface area contributed by atoms with E-state index in [0.29, 0.717) is 18.2 Å². The first kappa shape index (κ1) is 15.3. The van der Waals surface area contributed by atoms with E-state index in [1.165, 1.54) is 0 Å². The van der Waals surface area contributed by atoms with Crippen molar-refractivity contribution in [2.24, 2.45) is 13.0 Å². The number of amides is 1. The number of aromatic nitrogens is 3. The van der Waals surface area contributed by atoms with Gasteiger partial charge in [0.05, 0.1) is 22.9 Å². The molecule has 0 saturated heterocycles. The zero-order valence-corrected chi connectivity index (χ0v) is 14.6. The van der Waals surface area contributed by atoms with Crippen LogP contribution >= 0.6 is 15.9 Å². The molecule has 0 aromatic carbocycles. The van der Waals surface area contributed by atoms with E-state index < -0.39 is 0 Å². The Kier molecular flexibility index (Phi) is 4.08. The summed E-state index contributed by atoms with van der Waals surface area (Å²) in [6.45, 7) is 2.66. The molecule has 1 aliphatic carbocycles. The van der Waals surface area contributed by atoms with Crippen LogP contribution in [0.1, 0.15) is 40.9 Å². The minimum atomic E-state index is -0.104. The zero-order chi connectivity index (χ0) is 15.9. The smallest absolute Gasteiger partial charge is 0.276 e. The van der Waals surface area contributed by atoms with E-state index in [-0.39, 0.29) is 5.91 Å². The summed E-state index contributed by atoms with van der Waals surface area (Å²) < 4.78 is 8.02. The zero-order valence-electron chi connectivity index (χ0n) is 13.0. The van der Waals surface area contributed by atoms with Crippen molar-refractivity contribution in [2.75, 3.05) is 7.05 Å². The summed E-state index contributed by atoms with van der Waals surface area (Å²) in [5.74, 6) is 1.33. The molecule has 6 nitrogen and oxygen atoms in total. The highest BCUT2D eigenvalue weighted by Crippen LogP contribution is 2.28. The van der Waals surface area contributed by atoms with Crippen LogP contribution in [0.2, 0.25) is 0 Å². The Labute approximate surface area is 137 Å². The van der Waals surface area contributed by atoms with Gasteiger partial charge in [-0.1, -0.05) is 12.1 Å². The highest BCUT2D eigenvalue weighted by Gasteiger charge is 2.28. The number of halogens is 1. The molecule has 3 rings (SSSR count). The topological polar surface area (TPSA) is 64.2 Å².